The maximum absolute atomic E-state index is 12.0. The lowest BCUT2D eigenvalue weighted by molar-refractivity contribution is 0.103. The van der Waals surface area contributed by atoms with Crippen molar-refractivity contribution in [2.24, 2.45) is 0 Å². The van der Waals surface area contributed by atoms with Gasteiger partial charge in [-0.05, 0) is 40.2 Å². The molecule has 0 aliphatic heterocycles. The van der Waals surface area contributed by atoms with E-state index in [0.717, 1.165) is 15.0 Å². The summed E-state index contributed by atoms with van der Waals surface area (Å²) in [5.41, 5.74) is 8.17. The number of aromatic nitrogens is 1. The van der Waals surface area contributed by atoms with Gasteiger partial charge in [-0.15, -0.1) is 22.7 Å². The van der Waals surface area contributed by atoms with Gasteiger partial charge in [-0.25, -0.2) is 4.98 Å². The van der Waals surface area contributed by atoms with Crippen LogP contribution in [0.3, 0.4) is 0 Å². The molecule has 0 bridgehead atoms. The molecule has 0 spiro atoms. The van der Waals surface area contributed by atoms with Crippen molar-refractivity contribution in [3.8, 4) is 11.3 Å². The second kappa shape index (κ2) is 5.97. The number of thiophene rings is 1. The first-order valence-corrected chi connectivity index (χ1v) is 8.49. The number of anilines is 2. The number of nitrogens with zero attached hydrogens (tertiary/aromatic N) is 1. The van der Waals surface area contributed by atoms with Crippen LogP contribution in [-0.2, 0) is 0 Å². The van der Waals surface area contributed by atoms with E-state index in [1.54, 1.807) is 6.07 Å². The Bertz CT molecular complexity index is 780. The van der Waals surface area contributed by atoms with Crippen molar-refractivity contribution in [2.45, 2.75) is 0 Å². The molecule has 0 saturated heterocycles. The van der Waals surface area contributed by atoms with Crippen molar-refractivity contribution in [2.75, 3.05) is 11.1 Å². The summed E-state index contributed by atoms with van der Waals surface area (Å²) in [6.07, 6.45) is 0. The molecule has 7 heteroatoms. The number of thiazole rings is 1. The summed E-state index contributed by atoms with van der Waals surface area (Å²) in [6, 6.07) is 11.1. The smallest absolute Gasteiger partial charge is 0.267 e. The van der Waals surface area contributed by atoms with Crippen molar-refractivity contribution in [1.82, 2.24) is 4.98 Å². The molecular weight excluding hydrogens is 370 g/mol. The summed E-state index contributed by atoms with van der Waals surface area (Å²) in [5.74, 6) is -0.149. The Kier molecular flexibility index (Phi) is 4.05. The molecule has 2 aromatic heterocycles. The van der Waals surface area contributed by atoms with E-state index in [9.17, 15) is 4.79 Å². The van der Waals surface area contributed by atoms with Crippen molar-refractivity contribution in [1.29, 1.82) is 0 Å². The highest BCUT2D eigenvalue weighted by Gasteiger charge is 2.11. The minimum atomic E-state index is -0.149. The van der Waals surface area contributed by atoms with E-state index < -0.39 is 0 Å². The van der Waals surface area contributed by atoms with Gasteiger partial charge in [0.15, 0.2) is 5.13 Å². The lowest BCUT2D eigenvalue weighted by atomic mass is 10.1. The zero-order valence-corrected chi connectivity index (χ0v) is 13.9. The van der Waals surface area contributed by atoms with Crippen molar-refractivity contribution >= 4 is 55.3 Å². The van der Waals surface area contributed by atoms with Gasteiger partial charge in [-0.2, -0.15) is 0 Å². The average Bonchev–Trinajstić information content (AvgIpc) is 3.09. The number of carbonyl (C=O) groups is 1. The minimum absolute atomic E-state index is 0.149. The van der Waals surface area contributed by atoms with Gasteiger partial charge in [-0.3, -0.25) is 10.1 Å². The fourth-order valence-corrected chi connectivity index (χ4v) is 3.71. The minimum Gasteiger partial charge on any atom is -0.399 e. The summed E-state index contributed by atoms with van der Waals surface area (Å²) in [5, 5.41) is 5.29. The predicted molar refractivity (Wildman–Crippen MR) is 91.9 cm³/mol. The van der Waals surface area contributed by atoms with Crippen LogP contribution >= 0.6 is 38.6 Å². The zero-order valence-electron chi connectivity index (χ0n) is 10.7. The van der Waals surface area contributed by atoms with Gasteiger partial charge in [0.2, 0.25) is 0 Å². The van der Waals surface area contributed by atoms with E-state index in [0.29, 0.717) is 15.7 Å². The molecule has 3 aromatic rings. The number of carbonyl (C=O) groups excluding carboxylic acids is 1. The van der Waals surface area contributed by atoms with Crippen LogP contribution in [0.15, 0.2) is 45.6 Å². The quantitative estimate of drug-likeness (QED) is 0.659. The number of hydrogen-bond donors (Lipinski definition) is 2. The molecule has 0 aliphatic rings. The zero-order chi connectivity index (χ0) is 14.8. The molecular formula is C14H10BrN3OS2. The molecule has 21 heavy (non-hydrogen) atoms. The number of benzene rings is 1. The standard InChI is InChI=1S/C14H10BrN3OS2/c15-12-6-5-11(21-12)13(19)18-14-17-10(7-20-14)8-1-3-9(16)4-2-8/h1-7H,16H2,(H,17,18,19). The number of halogens is 1. The Morgan fingerprint density at radius 1 is 1.19 bits per heavy atom. The van der Waals surface area contributed by atoms with Crippen molar-refractivity contribution < 1.29 is 4.79 Å². The molecule has 0 radical (unpaired) electrons. The molecule has 1 amide bonds. The third-order valence-corrected chi connectivity index (χ3v) is 5.11. The molecule has 3 N–H and O–H groups in total. The SMILES string of the molecule is Nc1ccc(-c2csc(NC(=O)c3ccc(Br)s3)n2)cc1. The van der Waals surface area contributed by atoms with E-state index in [-0.39, 0.29) is 5.91 Å². The number of nitrogens with one attached hydrogen (secondary N) is 1. The third-order valence-electron chi connectivity index (χ3n) is 2.73. The largest absolute Gasteiger partial charge is 0.399 e. The highest BCUT2D eigenvalue weighted by Crippen LogP contribution is 2.27. The van der Waals surface area contributed by atoms with E-state index in [1.165, 1.54) is 22.7 Å². The Labute approximate surface area is 137 Å². The summed E-state index contributed by atoms with van der Waals surface area (Å²) in [4.78, 5) is 17.1. The highest BCUT2D eigenvalue weighted by molar-refractivity contribution is 9.11. The van der Waals surface area contributed by atoms with Crippen LogP contribution in [0.1, 0.15) is 9.67 Å². The lowest BCUT2D eigenvalue weighted by Crippen LogP contribution is -2.09. The number of hydrogen-bond acceptors (Lipinski definition) is 5. The maximum Gasteiger partial charge on any atom is 0.267 e. The van der Waals surface area contributed by atoms with E-state index in [1.807, 2.05) is 35.7 Å². The first-order valence-electron chi connectivity index (χ1n) is 6.00. The van der Waals surface area contributed by atoms with Gasteiger partial charge in [0.1, 0.15) is 0 Å². The molecule has 0 aliphatic carbocycles. The first kappa shape index (κ1) is 14.2. The molecule has 106 valence electrons. The fourth-order valence-electron chi connectivity index (χ4n) is 1.71. The highest BCUT2D eigenvalue weighted by atomic mass is 79.9. The van der Waals surface area contributed by atoms with Crippen LogP contribution < -0.4 is 11.1 Å². The first-order chi connectivity index (χ1) is 10.1. The van der Waals surface area contributed by atoms with Crippen molar-refractivity contribution in [3.63, 3.8) is 0 Å². The van der Waals surface area contributed by atoms with Crippen LogP contribution in [0, 0.1) is 0 Å². The number of nitrogens with two attached hydrogens (primary N) is 1. The Balaban J connectivity index is 1.76. The van der Waals surface area contributed by atoms with Crippen LogP contribution in [0.4, 0.5) is 10.8 Å². The molecule has 0 saturated carbocycles. The topological polar surface area (TPSA) is 68.0 Å². The molecule has 4 nitrogen and oxygen atoms in total. The Morgan fingerprint density at radius 2 is 1.95 bits per heavy atom. The molecule has 1 aromatic carbocycles. The summed E-state index contributed by atoms with van der Waals surface area (Å²) >= 11 is 6.13. The second-order valence-corrected chi connectivity index (χ2v) is 7.54. The van der Waals surface area contributed by atoms with E-state index >= 15 is 0 Å². The normalized spacial score (nSPS) is 10.5. The van der Waals surface area contributed by atoms with Gasteiger partial charge in [0.05, 0.1) is 14.4 Å². The van der Waals surface area contributed by atoms with Gasteiger partial charge in [0.25, 0.3) is 5.91 Å². The summed E-state index contributed by atoms with van der Waals surface area (Å²) in [7, 11) is 0. The third kappa shape index (κ3) is 3.31. The van der Waals surface area contributed by atoms with Crippen LogP contribution in [0.25, 0.3) is 11.3 Å². The Morgan fingerprint density at radius 3 is 2.62 bits per heavy atom. The Hall–Kier alpha value is -1.70. The molecule has 2 heterocycles. The lowest BCUT2D eigenvalue weighted by Gasteiger charge is -1.99. The molecule has 3 rings (SSSR count). The monoisotopic (exact) mass is 379 g/mol. The van der Waals surface area contributed by atoms with Gasteiger partial charge in [0, 0.05) is 16.6 Å². The van der Waals surface area contributed by atoms with E-state index in [2.05, 4.69) is 26.2 Å². The van der Waals surface area contributed by atoms with Crippen molar-refractivity contribution in [3.05, 3.63) is 50.4 Å². The van der Waals surface area contributed by atoms with Crippen LogP contribution in [0.2, 0.25) is 0 Å². The van der Waals surface area contributed by atoms with Gasteiger partial charge < -0.3 is 5.73 Å². The summed E-state index contributed by atoms with van der Waals surface area (Å²) in [6.45, 7) is 0. The fraction of sp³-hybridized carbons (Fsp3) is 0. The maximum atomic E-state index is 12.0. The van der Waals surface area contributed by atoms with Crippen LogP contribution in [0.5, 0.6) is 0 Å². The predicted octanol–water partition coefficient (Wildman–Crippen LogP) is 4.47. The molecule has 0 atom stereocenters. The van der Waals surface area contributed by atoms with Gasteiger partial charge >= 0.3 is 0 Å². The molecule has 0 fully saturated rings. The average molecular weight is 380 g/mol. The van der Waals surface area contributed by atoms with Crippen LogP contribution in [-0.4, -0.2) is 10.9 Å². The van der Waals surface area contributed by atoms with E-state index in [4.69, 9.17) is 5.73 Å². The number of amides is 1. The number of rotatable bonds is 3. The van der Waals surface area contributed by atoms with Gasteiger partial charge in [-0.1, -0.05) is 12.1 Å². The number of nitrogen functional groups attached to an aromatic ring is 1. The summed E-state index contributed by atoms with van der Waals surface area (Å²) < 4.78 is 0.925. The molecule has 0 unspecified atom stereocenters. The second-order valence-electron chi connectivity index (χ2n) is 4.22.